The van der Waals surface area contributed by atoms with Gasteiger partial charge in [-0.05, 0) is 32.3 Å². The summed E-state index contributed by atoms with van der Waals surface area (Å²) in [5, 5.41) is 13.5. The Bertz CT molecular complexity index is 364. The zero-order valence-electron chi connectivity index (χ0n) is 10.8. The quantitative estimate of drug-likeness (QED) is 0.841. The summed E-state index contributed by atoms with van der Waals surface area (Å²) in [4.78, 5) is 0. The molecule has 0 unspecified atom stereocenters. The summed E-state index contributed by atoms with van der Waals surface area (Å²) in [5.74, 6) is 0. The highest BCUT2D eigenvalue weighted by Crippen LogP contribution is 2.22. The predicted octanol–water partition coefficient (Wildman–Crippen LogP) is 2.95. The van der Waals surface area contributed by atoms with Crippen LogP contribution in [0.5, 0.6) is 0 Å². The minimum atomic E-state index is -0.170. The Morgan fingerprint density at radius 3 is 2.76 bits per heavy atom. The molecule has 0 radical (unpaired) electrons. The SMILES string of the molecule is Cc1cccc([C@H](C)N[C@@H]2CCCC[C@H]2O)c1. The average Bonchev–Trinajstić information content (AvgIpc) is 2.32. The van der Waals surface area contributed by atoms with Gasteiger partial charge >= 0.3 is 0 Å². The first-order valence-corrected chi connectivity index (χ1v) is 6.67. The molecular weight excluding hydrogens is 210 g/mol. The van der Waals surface area contributed by atoms with Crippen molar-refractivity contribution in [2.45, 2.75) is 57.7 Å². The minimum Gasteiger partial charge on any atom is -0.392 e. The second kappa shape index (κ2) is 5.65. The van der Waals surface area contributed by atoms with Crippen molar-refractivity contribution in [2.24, 2.45) is 0 Å². The van der Waals surface area contributed by atoms with Gasteiger partial charge in [-0.25, -0.2) is 0 Å². The van der Waals surface area contributed by atoms with Crippen LogP contribution in [0.15, 0.2) is 24.3 Å². The molecule has 1 saturated carbocycles. The van der Waals surface area contributed by atoms with Crippen LogP contribution in [0.25, 0.3) is 0 Å². The molecule has 0 amide bonds. The predicted molar refractivity (Wildman–Crippen MR) is 71.0 cm³/mol. The van der Waals surface area contributed by atoms with E-state index in [4.69, 9.17) is 0 Å². The average molecular weight is 233 g/mol. The molecule has 1 aromatic carbocycles. The largest absolute Gasteiger partial charge is 0.392 e. The Morgan fingerprint density at radius 2 is 2.06 bits per heavy atom. The van der Waals surface area contributed by atoms with Crippen LogP contribution in [-0.4, -0.2) is 17.3 Å². The Morgan fingerprint density at radius 1 is 1.29 bits per heavy atom. The van der Waals surface area contributed by atoms with Crippen molar-refractivity contribution >= 4 is 0 Å². The Balaban J connectivity index is 1.98. The monoisotopic (exact) mass is 233 g/mol. The van der Waals surface area contributed by atoms with Crippen molar-refractivity contribution in [3.8, 4) is 0 Å². The van der Waals surface area contributed by atoms with Crippen LogP contribution in [0.3, 0.4) is 0 Å². The summed E-state index contributed by atoms with van der Waals surface area (Å²) in [5.41, 5.74) is 2.60. The lowest BCUT2D eigenvalue weighted by Gasteiger charge is -2.31. The molecule has 2 rings (SSSR count). The van der Waals surface area contributed by atoms with Crippen LogP contribution in [0.1, 0.15) is 49.8 Å². The van der Waals surface area contributed by atoms with Crippen LogP contribution >= 0.6 is 0 Å². The van der Waals surface area contributed by atoms with Crippen LogP contribution in [0.2, 0.25) is 0 Å². The van der Waals surface area contributed by atoms with Gasteiger partial charge < -0.3 is 10.4 Å². The van der Waals surface area contributed by atoms with E-state index in [0.717, 1.165) is 19.3 Å². The van der Waals surface area contributed by atoms with Crippen molar-refractivity contribution in [3.05, 3.63) is 35.4 Å². The lowest BCUT2D eigenvalue weighted by atomic mass is 9.91. The molecule has 2 heteroatoms. The van der Waals surface area contributed by atoms with Crippen molar-refractivity contribution in [3.63, 3.8) is 0 Å². The summed E-state index contributed by atoms with van der Waals surface area (Å²) >= 11 is 0. The van der Waals surface area contributed by atoms with Gasteiger partial charge in [0, 0.05) is 12.1 Å². The first kappa shape index (κ1) is 12.6. The summed E-state index contributed by atoms with van der Waals surface area (Å²) in [7, 11) is 0. The highest BCUT2D eigenvalue weighted by atomic mass is 16.3. The number of hydrogen-bond donors (Lipinski definition) is 2. The molecule has 2 N–H and O–H groups in total. The standard InChI is InChI=1S/C15H23NO/c1-11-6-5-7-13(10-11)12(2)16-14-8-3-4-9-15(14)17/h5-7,10,12,14-17H,3-4,8-9H2,1-2H3/t12-,14+,15+/m0/s1. The van der Waals surface area contributed by atoms with E-state index in [2.05, 4.69) is 43.4 Å². The number of rotatable bonds is 3. The van der Waals surface area contributed by atoms with E-state index < -0.39 is 0 Å². The van der Waals surface area contributed by atoms with Gasteiger partial charge in [-0.3, -0.25) is 0 Å². The first-order chi connectivity index (χ1) is 8.16. The van der Waals surface area contributed by atoms with Crippen molar-refractivity contribution in [1.82, 2.24) is 5.32 Å². The third-order valence-corrected chi connectivity index (χ3v) is 3.74. The molecule has 1 aromatic rings. The first-order valence-electron chi connectivity index (χ1n) is 6.67. The highest BCUT2D eigenvalue weighted by Gasteiger charge is 2.24. The van der Waals surface area contributed by atoms with E-state index in [1.165, 1.54) is 17.5 Å². The Labute approximate surface area is 104 Å². The van der Waals surface area contributed by atoms with Gasteiger partial charge in [0.1, 0.15) is 0 Å². The van der Waals surface area contributed by atoms with Gasteiger partial charge in [0.2, 0.25) is 0 Å². The fourth-order valence-electron chi connectivity index (χ4n) is 2.66. The van der Waals surface area contributed by atoms with Crippen LogP contribution < -0.4 is 5.32 Å². The molecule has 0 bridgehead atoms. The van der Waals surface area contributed by atoms with E-state index >= 15 is 0 Å². The van der Waals surface area contributed by atoms with E-state index in [1.807, 2.05) is 0 Å². The molecule has 0 saturated heterocycles. The zero-order valence-corrected chi connectivity index (χ0v) is 10.8. The molecule has 0 aromatic heterocycles. The number of benzene rings is 1. The number of hydrogen-bond acceptors (Lipinski definition) is 2. The number of nitrogens with one attached hydrogen (secondary N) is 1. The van der Waals surface area contributed by atoms with Gasteiger partial charge in [0.25, 0.3) is 0 Å². The molecule has 0 heterocycles. The van der Waals surface area contributed by atoms with Gasteiger partial charge in [-0.15, -0.1) is 0 Å². The van der Waals surface area contributed by atoms with Crippen molar-refractivity contribution in [1.29, 1.82) is 0 Å². The third kappa shape index (κ3) is 3.30. The number of aliphatic hydroxyl groups is 1. The molecule has 0 spiro atoms. The van der Waals surface area contributed by atoms with E-state index in [0.29, 0.717) is 6.04 Å². The highest BCUT2D eigenvalue weighted by molar-refractivity contribution is 5.24. The van der Waals surface area contributed by atoms with E-state index in [1.54, 1.807) is 0 Å². The summed E-state index contributed by atoms with van der Waals surface area (Å²) in [6.07, 6.45) is 4.26. The Kier molecular flexibility index (Phi) is 4.19. The second-order valence-corrected chi connectivity index (χ2v) is 5.26. The zero-order chi connectivity index (χ0) is 12.3. The molecule has 1 fully saturated rings. The fraction of sp³-hybridized carbons (Fsp3) is 0.600. The number of aryl methyl sites for hydroxylation is 1. The van der Waals surface area contributed by atoms with E-state index in [-0.39, 0.29) is 12.1 Å². The van der Waals surface area contributed by atoms with E-state index in [9.17, 15) is 5.11 Å². The maximum Gasteiger partial charge on any atom is 0.0693 e. The molecule has 0 aliphatic heterocycles. The Hall–Kier alpha value is -0.860. The molecule has 17 heavy (non-hydrogen) atoms. The summed E-state index contributed by atoms with van der Waals surface area (Å²) in [6, 6.07) is 9.16. The van der Waals surface area contributed by atoms with Crippen LogP contribution in [-0.2, 0) is 0 Å². The maximum atomic E-state index is 9.96. The van der Waals surface area contributed by atoms with Gasteiger partial charge in [-0.1, -0.05) is 42.7 Å². The summed E-state index contributed by atoms with van der Waals surface area (Å²) < 4.78 is 0. The fourth-order valence-corrected chi connectivity index (χ4v) is 2.66. The molecular formula is C15H23NO. The van der Waals surface area contributed by atoms with Crippen molar-refractivity contribution in [2.75, 3.05) is 0 Å². The van der Waals surface area contributed by atoms with Gasteiger partial charge in [0.05, 0.1) is 6.10 Å². The number of aliphatic hydroxyl groups excluding tert-OH is 1. The minimum absolute atomic E-state index is 0.170. The topological polar surface area (TPSA) is 32.3 Å². The van der Waals surface area contributed by atoms with Crippen molar-refractivity contribution < 1.29 is 5.11 Å². The van der Waals surface area contributed by atoms with Crippen LogP contribution in [0, 0.1) is 6.92 Å². The van der Waals surface area contributed by atoms with Crippen LogP contribution in [0.4, 0.5) is 0 Å². The smallest absolute Gasteiger partial charge is 0.0693 e. The molecule has 1 aliphatic carbocycles. The maximum absolute atomic E-state index is 9.96. The van der Waals surface area contributed by atoms with Gasteiger partial charge in [0.15, 0.2) is 0 Å². The molecule has 3 atom stereocenters. The summed E-state index contributed by atoms with van der Waals surface area (Å²) in [6.45, 7) is 4.29. The molecule has 1 aliphatic rings. The lowest BCUT2D eigenvalue weighted by molar-refractivity contribution is 0.0860. The third-order valence-electron chi connectivity index (χ3n) is 3.74. The normalized spacial score (nSPS) is 26.8. The second-order valence-electron chi connectivity index (χ2n) is 5.26. The lowest BCUT2D eigenvalue weighted by Crippen LogP contribution is -2.43. The molecule has 2 nitrogen and oxygen atoms in total. The molecule has 94 valence electrons. The van der Waals surface area contributed by atoms with Gasteiger partial charge in [-0.2, -0.15) is 0 Å².